The van der Waals surface area contributed by atoms with Crippen molar-refractivity contribution in [1.82, 2.24) is 0 Å². The van der Waals surface area contributed by atoms with Crippen LogP contribution in [0.2, 0.25) is 5.02 Å². The molecule has 0 aromatic heterocycles. The zero-order valence-electron chi connectivity index (χ0n) is 10.1. The minimum absolute atomic E-state index is 0.00495. The molecule has 2 N–H and O–H groups in total. The van der Waals surface area contributed by atoms with Gasteiger partial charge in [0.25, 0.3) is 0 Å². The third kappa shape index (κ3) is 2.53. The van der Waals surface area contributed by atoms with Gasteiger partial charge in [0.2, 0.25) is 0 Å². The highest BCUT2D eigenvalue weighted by atomic mass is 35.5. The fourth-order valence-corrected chi connectivity index (χ4v) is 2.93. The van der Waals surface area contributed by atoms with E-state index in [1.54, 1.807) is 12.1 Å². The van der Waals surface area contributed by atoms with E-state index in [0.717, 1.165) is 25.7 Å². The molecule has 17 heavy (non-hydrogen) atoms. The van der Waals surface area contributed by atoms with Gasteiger partial charge in [0.05, 0.1) is 10.6 Å². The van der Waals surface area contributed by atoms with E-state index in [9.17, 15) is 4.79 Å². The molecule has 0 saturated heterocycles. The number of Topliss-reactive ketones (excluding diaryl/α,β-unsaturated/α-hetero) is 1. The van der Waals surface area contributed by atoms with Crippen LogP contribution < -0.4 is 5.73 Å². The maximum Gasteiger partial charge on any atom is 0.184 e. The molecule has 2 rings (SSSR count). The summed E-state index contributed by atoms with van der Waals surface area (Å²) in [7, 11) is 0. The summed E-state index contributed by atoms with van der Waals surface area (Å²) in [4.78, 5) is 12.5. The molecule has 2 atom stereocenters. The van der Waals surface area contributed by atoms with E-state index in [0.29, 0.717) is 16.5 Å². The van der Waals surface area contributed by atoms with E-state index >= 15 is 0 Å². The minimum Gasteiger partial charge on any atom is -0.319 e. The van der Waals surface area contributed by atoms with Gasteiger partial charge in [-0.05, 0) is 30.9 Å². The number of hydrogen-bond donors (Lipinski definition) is 1. The van der Waals surface area contributed by atoms with Gasteiger partial charge in [-0.1, -0.05) is 43.5 Å². The van der Waals surface area contributed by atoms with Gasteiger partial charge < -0.3 is 5.73 Å². The van der Waals surface area contributed by atoms with Crippen molar-refractivity contribution in [2.24, 2.45) is 11.7 Å². The van der Waals surface area contributed by atoms with E-state index in [2.05, 4.69) is 6.92 Å². The molecule has 1 aromatic rings. The Labute approximate surface area is 107 Å². The quantitative estimate of drug-likeness (QED) is 0.819. The van der Waals surface area contributed by atoms with Gasteiger partial charge in [0, 0.05) is 5.56 Å². The molecule has 0 spiro atoms. The smallest absolute Gasteiger partial charge is 0.184 e. The first kappa shape index (κ1) is 12.6. The maximum atomic E-state index is 12.5. The largest absolute Gasteiger partial charge is 0.319 e. The average molecular weight is 252 g/mol. The Morgan fingerprint density at radius 1 is 1.47 bits per heavy atom. The summed E-state index contributed by atoms with van der Waals surface area (Å²) in [6, 6.07) is 7.16. The first-order valence-electron chi connectivity index (χ1n) is 6.11. The van der Waals surface area contributed by atoms with Crippen LogP contribution in [0.1, 0.15) is 43.0 Å². The van der Waals surface area contributed by atoms with Crippen molar-refractivity contribution in [3.05, 3.63) is 34.9 Å². The lowest BCUT2D eigenvalue weighted by Gasteiger charge is -2.35. The lowest BCUT2D eigenvalue weighted by molar-refractivity contribution is 0.0820. The molecule has 92 valence electrons. The molecule has 0 heterocycles. The average Bonchev–Trinajstić information content (AvgIpc) is 2.28. The fraction of sp³-hybridized carbons (Fsp3) is 0.500. The van der Waals surface area contributed by atoms with Crippen LogP contribution in [0.15, 0.2) is 24.3 Å². The Balaban J connectivity index is 2.28. The van der Waals surface area contributed by atoms with Crippen LogP contribution in [0.5, 0.6) is 0 Å². The molecule has 0 radical (unpaired) electrons. The van der Waals surface area contributed by atoms with Crippen molar-refractivity contribution in [3.8, 4) is 0 Å². The normalized spacial score (nSPS) is 29.0. The molecule has 2 unspecified atom stereocenters. The van der Waals surface area contributed by atoms with Gasteiger partial charge in [-0.3, -0.25) is 4.79 Å². The number of rotatable bonds is 2. The molecule has 1 saturated carbocycles. The monoisotopic (exact) mass is 251 g/mol. The highest BCUT2D eigenvalue weighted by molar-refractivity contribution is 6.34. The number of carbonyl (C=O) groups excluding carboxylic acids is 1. The topological polar surface area (TPSA) is 43.1 Å². The minimum atomic E-state index is -0.720. The van der Waals surface area contributed by atoms with E-state index in [-0.39, 0.29) is 5.78 Å². The highest BCUT2D eigenvalue weighted by Gasteiger charge is 2.38. The molecule has 2 nitrogen and oxygen atoms in total. The van der Waals surface area contributed by atoms with Crippen molar-refractivity contribution in [1.29, 1.82) is 0 Å². The molecular formula is C14H18ClNO. The van der Waals surface area contributed by atoms with E-state index < -0.39 is 5.54 Å². The van der Waals surface area contributed by atoms with Gasteiger partial charge in [0.15, 0.2) is 5.78 Å². The number of halogens is 1. The summed E-state index contributed by atoms with van der Waals surface area (Å²) in [6.07, 6.45) is 3.71. The van der Waals surface area contributed by atoms with Gasteiger partial charge in [-0.2, -0.15) is 0 Å². The van der Waals surface area contributed by atoms with Crippen molar-refractivity contribution >= 4 is 17.4 Å². The second-order valence-electron chi connectivity index (χ2n) is 5.17. The second kappa shape index (κ2) is 4.79. The molecule has 1 aliphatic carbocycles. The second-order valence-corrected chi connectivity index (χ2v) is 5.57. The summed E-state index contributed by atoms with van der Waals surface area (Å²) < 4.78 is 0. The molecule has 3 heteroatoms. The van der Waals surface area contributed by atoms with E-state index in [1.165, 1.54) is 0 Å². The van der Waals surface area contributed by atoms with Crippen LogP contribution >= 0.6 is 11.6 Å². The molecular weight excluding hydrogens is 234 g/mol. The van der Waals surface area contributed by atoms with Gasteiger partial charge >= 0.3 is 0 Å². The maximum absolute atomic E-state index is 12.5. The van der Waals surface area contributed by atoms with E-state index in [1.807, 2.05) is 12.1 Å². The zero-order chi connectivity index (χ0) is 12.5. The van der Waals surface area contributed by atoms with Crippen LogP contribution in [0.4, 0.5) is 0 Å². The predicted molar refractivity (Wildman–Crippen MR) is 70.3 cm³/mol. The predicted octanol–water partition coefficient (Wildman–Crippen LogP) is 3.43. The lowest BCUT2D eigenvalue weighted by atomic mass is 9.73. The van der Waals surface area contributed by atoms with Crippen molar-refractivity contribution in [2.45, 2.75) is 38.1 Å². The first-order valence-corrected chi connectivity index (χ1v) is 6.49. The Morgan fingerprint density at radius 3 is 2.82 bits per heavy atom. The van der Waals surface area contributed by atoms with Crippen LogP contribution in [0.3, 0.4) is 0 Å². The Morgan fingerprint density at radius 2 is 2.18 bits per heavy atom. The van der Waals surface area contributed by atoms with Crippen LogP contribution in [-0.2, 0) is 0 Å². The van der Waals surface area contributed by atoms with Crippen molar-refractivity contribution < 1.29 is 4.79 Å². The Hall–Kier alpha value is -0.860. The number of benzene rings is 1. The number of hydrogen-bond acceptors (Lipinski definition) is 2. The molecule has 1 aliphatic rings. The summed E-state index contributed by atoms with van der Waals surface area (Å²) >= 11 is 6.06. The zero-order valence-corrected chi connectivity index (χ0v) is 10.8. The summed E-state index contributed by atoms with van der Waals surface area (Å²) in [5.74, 6) is 0.509. The first-order chi connectivity index (χ1) is 8.03. The van der Waals surface area contributed by atoms with E-state index in [4.69, 9.17) is 17.3 Å². The SMILES string of the molecule is CC1CCCC(N)(C(=O)c2ccccc2Cl)C1. The molecule has 1 aromatic carbocycles. The Bertz CT molecular complexity index is 432. The van der Waals surface area contributed by atoms with Crippen molar-refractivity contribution in [3.63, 3.8) is 0 Å². The van der Waals surface area contributed by atoms with Gasteiger partial charge in [-0.25, -0.2) is 0 Å². The molecule has 0 bridgehead atoms. The summed E-state index contributed by atoms with van der Waals surface area (Å²) in [5, 5.41) is 0.501. The number of ketones is 1. The molecule has 0 amide bonds. The molecule has 0 aliphatic heterocycles. The summed E-state index contributed by atoms with van der Waals surface area (Å²) in [5.41, 5.74) is 6.13. The lowest BCUT2D eigenvalue weighted by Crippen LogP contribution is -2.51. The number of carbonyl (C=O) groups is 1. The third-order valence-electron chi connectivity index (χ3n) is 3.60. The molecule has 1 fully saturated rings. The van der Waals surface area contributed by atoms with Crippen LogP contribution in [-0.4, -0.2) is 11.3 Å². The summed E-state index contributed by atoms with van der Waals surface area (Å²) in [6.45, 7) is 2.15. The van der Waals surface area contributed by atoms with Gasteiger partial charge in [-0.15, -0.1) is 0 Å². The van der Waals surface area contributed by atoms with Gasteiger partial charge in [0.1, 0.15) is 0 Å². The standard InChI is InChI=1S/C14H18ClNO/c1-10-5-4-8-14(16,9-10)13(17)11-6-2-3-7-12(11)15/h2-3,6-7,10H,4-5,8-9,16H2,1H3. The number of nitrogens with two attached hydrogens (primary N) is 1. The Kier molecular flexibility index (Phi) is 3.55. The highest BCUT2D eigenvalue weighted by Crippen LogP contribution is 2.34. The van der Waals surface area contributed by atoms with Crippen LogP contribution in [0.25, 0.3) is 0 Å². The van der Waals surface area contributed by atoms with Crippen LogP contribution in [0, 0.1) is 5.92 Å². The van der Waals surface area contributed by atoms with Crippen molar-refractivity contribution in [2.75, 3.05) is 0 Å². The fourth-order valence-electron chi connectivity index (χ4n) is 2.71. The third-order valence-corrected chi connectivity index (χ3v) is 3.93.